The summed E-state index contributed by atoms with van der Waals surface area (Å²) in [6.07, 6.45) is 1.52. The minimum atomic E-state index is -0.767. The Balaban J connectivity index is 2.02. The molecular weight excluding hydrogens is 299 g/mol. The topological polar surface area (TPSA) is 71.3 Å². The van der Waals surface area contributed by atoms with Gasteiger partial charge >= 0.3 is 0 Å². The Morgan fingerprint density at radius 1 is 1.17 bits per heavy atom. The molecule has 122 valence electrons. The van der Waals surface area contributed by atoms with Gasteiger partial charge in [-0.25, -0.2) is 4.39 Å². The SMILES string of the molecule is CC(C)C(NC(=O)c1ccccc1F)C(=O)NCc1ccco1. The number of carbonyl (C=O) groups excluding carboxylic acids is 2. The fourth-order valence-corrected chi connectivity index (χ4v) is 2.10. The summed E-state index contributed by atoms with van der Waals surface area (Å²) >= 11 is 0. The second-order valence-corrected chi connectivity index (χ2v) is 5.47. The van der Waals surface area contributed by atoms with Crippen molar-refractivity contribution in [3.05, 3.63) is 59.8 Å². The van der Waals surface area contributed by atoms with Gasteiger partial charge < -0.3 is 15.1 Å². The van der Waals surface area contributed by atoms with Gasteiger partial charge in [0.25, 0.3) is 5.91 Å². The van der Waals surface area contributed by atoms with Crippen LogP contribution in [0.3, 0.4) is 0 Å². The highest BCUT2D eigenvalue weighted by molar-refractivity contribution is 5.97. The molecule has 6 heteroatoms. The van der Waals surface area contributed by atoms with E-state index in [9.17, 15) is 14.0 Å². The first-order valence-corrected chi connectivity index (χ1v) is 7.34. The van der Waals surface area contributed by atoms with Crippen molar-refractivity contribution >= 4 is 11.8 Å². The molecule has 0 bridgehead atoms. The van der Waals surface area contributed by atoms with Crippen LogP contribution in [0.1, 0.15) is 30.0 Å². The Bertz CT molecular complexity index is 668. The Kier molecular flexibility index (Phi) is 5.51. The monoisotopic (exact) mass is 318 g/mol. The Morgan fingerprint density at radius 2 is 1.91 bits per heavy atom. The summed E-state index contributed by atoms with van der Waals surface area (Å²) in [6.45, 7) is 3.84. The Labute approximate surface area is 133 Å². The molecule has 5 nitrogen and oxygen atoms in total. The van der Waals surface area contributed by atoms with E-state index in [-0.39, 0.29) is 23.9 Å². The highest BCUT2D eigenvalue weighted by Gasteiger charge is 2.25. The van der Waals surface area contributed by atoms with E-state index in [4.69, 9.17) is 4.42 Å². The van der Waals surface area contributed by atoms with Crippen LogP contribution in [0, 0.1) is 11.7 Å². The third-order valence-electron chi connectivity index (χ3n) is 3.37. The normalized spacial score (nSPS) is 12.0. The van der Waals surface area contributed by atoms with Crippen LogP contribution < -0.4 is 10.6 Å². The van der Waals surface area contributed by atoms with Gasteiger partial charge in [0.05, 0.1) is 18.4 Å². The first-order chi connectivity index (χ1) is 11.0. The van der Waals surface area contributed by atoms with Gasteiger partial charge in [0.1, 0.15) is 17.6 Å². The van der Waals surface area contributed by atoms with Crippen LogP contribution in [0.25, 0.3) is 0 Å². The van der Waals surface area contributed by atoms with Gasteiger partial charge in [-0.2, -0.15) is 0 Å². The molecule has 2 rings (SSSR count). The lowest BCUT2D eigenvalue weighted by Crippen LogP contribution is -2.49. The molecule has 1 aromatic carbocycles. The molecule has 2 amide bonds. The average molecular weight is 318 g/mol. The molecule has 2 N–H and O–H groups in total. The van der Waals surface area contributed by atoms with E-state index in [1.54, 1.807) is 32.0 Å². The minimum absolute atomic E-state index is 0.0861. The van der Waals surface area contributed by atoms with Crippen molar-refractivity contribution < 1.29 is 18.4 Å². The summed E-state index contributed by atoms with van der Waals surface area (Å²) < 4.78 is 18.8. The molecule has 0 aliphatic carbocycles. The van der Waals surface area contributed by atoms with Gasteiger partial charge in [0, 0.05) is 0 Å². The van der Waals surface area contributed by atoms with Gasteiger partial charge in [-0.15, -0.1) is 0 Å². The molecule has 1 aromatic heterocycles. The van der Waals surface area contributed by atoms with Crippen molar-refractivity contribution in [2.24, 2.45) is 5.92 Å². The molecule has 0 saturated heterocycles. The number of rotatable bonds is 6. The van der Waals surface area contributed by atoms with Crippen molar-refractivity contribution in [1.82, 2.24) is 10.6 Å². The molecule has 0 radical (unpaired) electrons. The number of hydrogen-bond acceptors (Lipinski definition) is 3. The van der Waals surface area contributed by atoms with Crippen molar-refractivity contribution in [1.29, 1.82) is 0 Å². The van der Waals surface area contributed by atoms with Gasteiger partial charge in [-0.05, 0) is 30.2 Å². The Hall–Kier alpha value is -2.63. The molecule has 0 aliphatic rings. The molecule has 1 heterocycles. The van der Waals surface area contributed by atoms with Crippen molar-refractivity contribution in [3.8, 4) is 0 Å². The van der Waals surface area contributed by atoms with Gasteiger partial charge in [0.15, 0.2) is 0 Å². The molecule has 0 saturated carbocycles. The minimum Gasteiger partial charge on any atom is -0.467 e. The zero-order valence-corrected chi connectivity index (χ0v) is 13.0. The lowest BCUT2D eigenvalue weighted by Gasteiger charge is -2.21. The number of nitrogens with one attached hydrogen (secondary N) is 2. The van der Waals surface area contributed by atoms with E-state index in [2.05, 4.69) is 10.6 Å². The highest BCUT2D eigenvalue weighted by atomic mass is 19.1. The predicted molar refractivity (Wildman–Crippen MR) is 83.0 cm³/mol. The van der Waals surface area contributed by atoms with E-state index in [1.807, 2.05) is 0 Å². The summed E-state index contributed by atoms with van der Waals surface area (Å²) in [5.41, 5.74) is -0.0861. The number of furan rings is 1. The third kappa shape index (κ3) is 4.42. The summed E-state index contributed by atoms with van der Waals surface area (Å²) in [4.78, 5) is 24.4. The second kappa shape index (κ2) is 7.58. The van der Waals surface area contributed by atoms with Crippen LogP contribution in [-0.2, 0) is 11.3 Å². The smallest absolute Gasteiger partial charge is 0.254 e. The van der Waals surface area contributed by atoms with Crippen molar-refractivity contribution in [2.75, 3.05) is 0 Å². The first kappa shape index (κ1) is 16.7. The maximum absolute atomic E-state index is 13.7. The summed E-state index contributed by atoms with van der Waals surface area (Å²) in [5.74, 6) is -1.12. The number of halogens is 1. The Morgan fingerprint density at radius 3 is 2.52 bits per heavy atom. The summed E-state index contributed by atoms with van der Waals surface area (Å²) in [6, 6.07) is 8.35. The molecular formula is C17H19FN2O3. The highest BCUT2D eigenvalue weighted by Crippen LogP contribution is 2.09. The zero-order valence-electron chi connectivity index (χ0n) is 13.0. The lowest BCUT2D eigenvalue weighted by molar-refractivity contribution is -0.124. The van der Waals surface area contributed by atoms with Gasteiger partial charge in [-0.1, -0.05) is 26.0 Å². The van der Waals surface area contributed by atoms with Crippen LogP contribution in [0.5, 0.6) is 0 Å². The predicted octanol–water partition coefficient (Wildman–Crippen LogP) is 2.49. The van der Waals surface area contributed by atoms with E-state index in [1.165, 1.54) is 24.5 Å². The number of hydrogen-bond donors (Lipinski definition) is 2. The standard InChI is InChI=1S/C17H19FN2O3/c1-11(2)15(17(22)19-10-12-6-5-9-23-12)20-16(21)13-7-3-4-8-14(13)18/h3-9,11,15H,10H2,1-2H3,(H,19,22)(H,20,21). The van der Waals surface area contributed by atoms with Gasteiger partial charge in [-0.3, -0.25) is 9.59 Å². The van der Waals surface area contributed by atoms with Crippen LogP contribution in [-0.4, -0.2) is 17.9 Å². The number of benzene rings is 1. The van der Waals surface area contributed by atoms with Crippen molar-refractivity contribution in [2.45, 2.75) is 26.4 Å². The second-order valence-electron chi connectivity index (χ2n) is 5.47. The zero-order chi connectivity index (χ0) is 16.8. The molecule has 0 aliphatic heterocycles. The van der Waals surface area contributed by atoms with Crippen LogP contribution in [0.2, 0.25) is 0 Å². The molecule has 1 unspecified atom stereocenters. The van der Waals surface area contributed by atoms with Crippen molar-refractivity contribution in [3.63, 3.8) is 0 Å². The molecule has 0 spiro atoms. The van der Waals surface area contributed by atoms with E-state index < -0.39 is 17.8 Å². The van der Waals surface area contributed by atoms with Crippen LogP contribution in [0.4, 0.5) is 4.39 Å². The fourth-order valence-electron chi connectivity index (χ4n) is 2.10. The quantitative estimate of drug-likeness (QED) is 0.859. The summed E-state index contributed by atoms with van der Waals surface area (Å²) in [5, 5.41) is 5.28. The van der Waals surface area contributed by atoms with E-state index >= 15 is 0 Å². The third-order valence-corrected chi connectivity index (χ3v) is 3.37. The summed E-state index contributed by atoms with van der Waals surface area (Å²) in [7, 11) is 0. The van der Waals surface area contributed by atoms with E-state index in [0.29, 0.717) is 5.76 Å². The molecule has 0 fully saturated rings. The maximum atomic E-state index is 13.7. The largest absolute Gasteiger partial charge is 0.467 e. The van der Waals surface area contributed by atoms with Crippen LogP contribution in [0.15, 0.2) is 47.1 Å². The average Bonchev–Trinajstić information content (AvgIpc) is 3.03. The maximum Gasteiger partial charge on any atom is 0.254 e. The number of carbonyl (C=O) groups is 2. The fraction of sp³-hybridized carbons (Fsp3) is 0.294. The van der Waals surface area contributed by atoms with E-state index in [0.717, 1.165) is 0 Å². The molecule has 2 aromatic rings. The lowest BCUT2D eigenvalue weighted by atomic mass is 10.0. The molecule has 23 heavy (non-hydrogen) atoms. The van der Waals surface area contributed by atoms with Gasteiger partial charge in [0.2, 0.25) is 5.91 Å². The van der Waals surface area contributed by atoms with Crippen LogP contribution >= 0.6 is 0 Å². The first-order valence-electron chi connectivity index (χ1n) is 7.34. The number of amides is 2. The molecule has 1 atom stereocenters.